The topological polar surface area (TPSA) is 44.9 Å². The zero-order valence-electron chi connectivity index (χ0n) is 11.4. The largest absolute Gasteiger partial charge is 0.370 e. The Balaban J connectivity index is 1.94. The average Bonchev–Trinajstić information content (AvgIpc) is 2.86. The maximum Gasteiger partial charge on any atom is 0.191 e. The summed E-state index contributed by atoms with van der Waals surface area (Å²) in [5.74, 6) is 1.44. The minimum absolute atomic E-state index is 0.490. The maximum absolute atomic E-state index is 6.14. The summed E-state index contributed by atoms with van der Waals surface area (Å²) < 4.78 is 0. The molecule has 0 aromatic heterocycles. The normalized spacial score (nSPS) is 31.8. The van der Waals surface area contributed by atoms with Crippen molar-refractivity contribution in [2.24, 2.45) is 16.6 Å². The molecule has 1 saturated heterocycles. The van der Waals surface area contributed by atoms with E-state index in [0.717, 1.165) is 19.0 Å². The number of guanidine groups is 1. The smallest absolute Gasteiger partial charge is 0.191 e. The molecule has 2 rings (SSSR count). The summed E-state index contributed by atoms with van der Waals surface area (Å²) in [5, 5.41) is 0. The highest BCUT2D eigenvalue weighted by Gasteiger charge is 2.32. The Labute approximate surface area is 105 Å². The van der Waals surface area contributed by atoms with Crippen LogP contribution in [0.15, 0.2) is 4.99 Å². The zero-order valence-corrected chi connectivity index (χ0v) is 11.4. The lowest BCUT2D eigenvalue weighted by Crippen LogP contribution is -2.39. The maximum atomic E-state index is 6.14. The predicted molar refractivity (Wildman–Crippen MR) is 72.1 cm³/mol. The fraction of sp³-hybridized carbons (Fsp3) is 0.923. The third-order valence-corrected chi connectivity index (χ3v) is 4.20. The Morgan fingerprint density at radius 1 is 1.24 bits per heavy atom. The van der Waals surface area contributed by atoms with E-state index in [-0.39, 0.29) is 0 Å². The van der Waals surface area contributed by atoms with Gasteiger partial charge in [-0.3, -0.25) is 0 Å². The summed E-state index contributed by atoms with van der Waals surface area (Å²) >= 11 is 0. The second kappa shape index (κ2) is 5.25. The standard InChI is InChI=1S/C13H26N4/c1-10-8-17(9-12(10)16(2)3)13(14)15-11-6-4-5-7-11/h10-12H,4-9H2,1-3H3,(H2,14,15). The van der Waals surface area contributed by atoms with Gasteiger partial charge in [-0.1, -0.05) is 19.8 Å². The van der Waals surface area contributed by atoms with Crippen molar-refractivity contribution in [3.05, 3.63) is 0 Å². The van der Waals surface area contributed by atoms with E-state index in [0.29, 0.717) is 18.0 Å². The van der Waals surface area contributed by atoms with Crippen LogP contribution in [-0.4, -0.2) is 55.0 Å². The molecule has 0 aromatic rings. The number of aliphatic imine (C=N–C) groups is 1. The summed E-state index contributed by atoms with van der Waals surface area (Å²) in [6, 6.07) is 1.09. The fourth-order valence-corrected chi connectivity index (χ4v) is 3.11. The highest BCUT2D eigenvalue weighted by atomic mass is 15.3. The second-order valence-electron chi connectivity index (χ2n) is 5.84. The van der Waals surface area contributed by atoms with Gasteiger partial charge in [0.2, 0.25) is 0 Å². The number of hydrogen-bond acceptors (Lipinski definition) is 2. The molecule has 98 valence electrons. The minimum Gasteiger partial charge on any atom is -0.370 e. The molecule has 0 aromatic carbocycles. The second-order valence-corrected chi connectivity index (χ2v) is 5.84. The van der Waals surface area contributed by atoms with Crippen molar-refractivity contribution < 1.29 is 0 Å². The monoisotopic (exact) mass is 238 g/mol. The molecule has 17 heavy (non-hydrogen) atoms. The van der Waals surface area contributed by atoms with Gasteiger partial charge in [-0.15, -0.1) is 0 Å². The molecule has 0 amide bonds. The number of nitrogens with zero attached hydrogens (tertiary/aromatic N) is 3. The average molecular weight is 238 g/mol. The predicted octanol–water partition coefficient (Wildman–Crippen LogP) is 1.13. The molecule has 4 heteroatoms. The van der Waals surface area contributed by atoms with Gasteiger partial charge in [0.15, 0.2) is 5.96 Å². The van der Waals surface area contributed by atoms with E-state index in [1.54, 1.807) is 0 Å². The lowest BCUT2D eigenvalue weighted by molar-refractivity contribution is 0.262. The molecule has 1 aliphatic heterocycles. The molecular weight excluding hydrogens is 212 g/mol. The van der Waals surface area contributed by atoms with Crippen LogP contribution in [0.25, 0.3) is 0 Å². The summed E-state index contributed by atoms with van der Waals surface area (Å²) in [4.78, 5) is 9.24. The van der Waals surface area contributed by atoms with Crippen molar-refractivity contribution in [2.45, 2.75) is 44.7 Å². The molecule has 0 radical (unpaired) electrons. The third kappa shape index (κ3) is 2.92. The molecule has 2 atom stereocenters. The van der Waals surface area contributed by atoms with Gasteiger partial charge in [-0.05, 0) is 32.9 Å². The van der Waals surface area contributed by atoms with Crippen molar-refractivity contribution in [1.82, 2.24) is 9.80 Å². The lowest BCUT2D eigenvalue weighted by atomic mass is 10.1. The Morgan fingerprint density at radius 3 is 2.41 bits per heavy atom. The number of rotatable bonds is 2. The van der Waals surface area contributed by atoms with E-state index in [1.165, 1.54) is 25.7 Å². The first-order chi connectivity index (χ1) is 8.08. The van der Waals surface area contributed by atoms with Crippen molar-refractivity contribution in [3.63, 3.8) is 0 Å². The lowest BCUT2D eigenvalue weighted by Gasteiger charge is -2.22. The molecule has 1 aliphatic carbocycles. The van der Waals surface area contributed by atoms with Gasteiger partial charge in [-0.25, -0.2) is 4.99 Å². The minimum atomic E-state index is 0.490. The van der Waals surface area contributed by atoms with E-state index < -0.39 is 0 Å². The first-order valence-electron chi connectivity index (χ1n) is 6.82. The molecule has 2 N–H and O–H groups in total. The van der Waals surface area contributed by atoms with Crippen LogP contribution in [-0.2, 0) is 0 Å². The summed E-state index contributed by atoms with van der Waals surface area (Å²) in [6.07, 6.45) is 5.08. The van der Waals surface area contributed by atoms with Crippen molar-refractivity contribution in [2.75, 3.05) is 27.2 Å². The molecular formula is C13H26N4. The molecule has 0 spiro atoms. The molecule has 2 unspecified atom stereocenters. The molecule has 2 aliphatic rings. The Kier molecular flexibility index (Phi) is 3.92. The van der Waals surface area contributed by atoms with Gasteiger partial charge >= 0.3 is 0 Å². The molecule has 1 heterocycles. The van der Waals surface area contributed by atoms with Crippen molar-refractivity contribution >= 4 is 5.96 Å². The Bertz CT molecular complexity index is 281. The first-order valence-corrected chi connectivity index (χ1v) is 6.82. The number of likely N-dealkylation sites (tertiary alicyclic amines) is 1. The molecule has 2 fully saturated rings. The molecule has 4 nitrogen and oxygen atoms in total. The van der Waals surface area contributed by atoms with Crippen LogP contribution in [0.2, 0.25) is 0 Å². The SMILES string of the molecule is CC1CN(C(N)=NC2CCCC2)CC1N(C)C. The van der Waals surface area contributed by atoms with E-state index in [4.69, 9.17) is 5.73 Å². The van der Waals surface area contributed by atoms with Gasteiger partial charge in [0.05, 0.1) is 6.04 Å². The van der Waals surface area contributed by atoms with Crippen LogP contribution in [0.1, 0.15) is 32.6 Å². The van der Waals surface area contributed by atoms with Crippen LogP contribution in [0.4, 0.5) is 0 Å². The summed E-state index contributed by atoms with van der Waals surface area (Å²) in [5.41, 5.74) is 6.14. The Morgan fingerprint density at radius 2 is 1.88 bits per heavy atom. The Hall–Kier alpha value is -0.770. The fourth-order valence-electron chi connectivity index (χ4n) is 3.11. The van der Waals surface area contributed by atoms with E-state index in [1.807, 2.05) is 0 Å². The van der Waals surface area contributed by atoms with E-state index in [9.17, 15) is 0 Å². The highest BCUT2D eigenvalue weighted by Crippen LogP contribution is 2.23. The third-order valence-electron chi connectivity index (χ3n) is 4.20. The number of likely N-dealkylation sites (N-methyl/N-ethyl adjacent to an activating group) is 1. The van der Waals surface area contributed by atoms with Crippen LogP contribution in [0.5, 0.6) is 0 Å². The van der Waals surface area contributed by atoms with Gasteiger partial charge < -0.3 is 15.5 Å². The van der Waals surface area contributed by atoms with Gasteiger partial charge in [-0.2, -0.15) is 0 Å². The van der Waals surface area contributed by atoms with Crippen molar-refractivity contribution in [1.29, 1.82) is 0 Å². The molecule has 0 bridgehead atoms. The van der Waals surface area contributed by atoms with Gasteiger partial charge in [0.25, 0.3) is 0 Å². The number of hydrogen-bond donors (Lipinski definition) is 1. The highest BCUT2D eigenvalue weighted by molar-refractivity contribution is 5.78. The van der Waals surface area contributed by atoms with Crippen LogP contribution < -0.4 is 5.73 Å². The van der Waals surface area contributed by atoms with E-state index >= 15 is 0 Å². The zero-order chi connectivity index (χ0) is 12.4. The van der Waals surface area contributed by atoms with Crippen molar-refractivity contribution in [3.8, 4) is 0 Å². The van der Waals surface area contributed by atoms with Gasteiger partial charge in [0.1, 0.15) is 0 Å². The van der Waals surface area contributed by atoms with Crippen LogP contribution >= 0.6 is 0 Å². The van der Waals surface area contributed by atoms with Gasteiger partial charge in [0, 0.05) is 19.1 Å². The first kappa shape index (κ1) is 12.7. The summed E-state index contributed by atoms with van der Waals surface area (Å²) in [7, 11) is 4.30. The number of nitrogens with two attached hydrogens (primary N) is 1. The van der Waals surface area contributed by atoms with Crippen LogP contribution in [0, 0.1) is 5.92 Å². The molecule has 1 saturated carbocycles. The van der Waals surface area contributed by atoms with E-state index in [2.05, 4.69) is 35.8 Å². The summed E-state index contributed by atoms with van der Waals surface area (Å²) in [6.45, 7) is 4.37. The van der Waals surface area contributed by atoms with Crippen LogP contribution in [0.3, 0.4) is 0 Å². The quantitative estimate of drug-likeness (QED) is 0.579.